The fraction of sp³-hybridized carbons (Fsp3) is 0.273. The van der Waals surface area contributed by atoms with Crippen LogP contribution in [0.2, 0.25) is 15.1 Å². The zero-order valence-corrected chi connectivity index (χ0v) is 12.1. The maximum Gasteiger partial charge on any atom is 0.320 e. The number of aliphatic carboxylic acids is 1. The van der Waals surface area contributed by atoms with E-state index in [1.807, 2.05) is 0 Å². The number of carbonyl (C=O) groups excluding carboxylic acids is 1. The molecule has 0 fully saturated rings. The number of anilines is 1. The minimum absolute atomic E-state index is 0.178. The molecule has 0 heterocycles. The molecular formula is C11H11Cl3N2O3. The Balaban J connectivity index is 2.65. The predicted octanol–water partition coefficient (Wildman–Crippen LogP) is 2.65. The number of carboxylic acids is 1. The number of carboxylic acid groups (broad SMARTS) is 1. The second-order valence-electron chi connectivity index (χ2n) is 3.73. The minimum Gasteiger partial charge on any atom is -0.480 e. The van der Waals surface area contributed by atoms with E-state index in [1.165, 1.54) is 19.1 Å². The number of nitrogens with one attached hydrogen (secondary N) is 2. The van der Waals surface area contributed by atoms with Crippen molar-refractivity contribution in [2.45, 2.75) is 13.0 Å². The Morgan fingerprint density at radius 1 is 1.26 bits per heavy atom. The van der Waals surface area contributed by atoms with Crippen LogP contribution in [0, 0.1) is 0 Å². The lowest BCUT2D eigenvalue weighted by Gasteiger charge is -2.12. The molecule has 1 amide bonds. The molecule has 0 aliphatic rings. The summed E-state index contributed by atoms with van der Waals surface area (Å²) in [5, 5.41) is 14.4. The average Bonchev–Trinajstić information content (AvgIpc) is 2.30. The third kappa shape index (κ3) is 4.87. The van der Waals surface area contributed by atoms with Crippen molar-refractivity contribution in [2.75, 3.05) is 11.9 Å². The van der Waals surface area contributed by atoms with Crippen LogP contribution in [0.1, 0.15) is 6.92 Å². The predicted molar refractivity (Wildman–Crippen MR) is 75.2 cm³/mol. The first-order chi connectivity index (χ1) is 8.81. The summed E-state index contributed by atoms with van der Waals surface area (Å²) in [4.78, 5) is 22.2. The number of hydrogen-bond acceptors (Lipinski definition) is 3. The van der Waals surface area contributed by atoms with Crippen molar-refractivity contribution in [1.82, 2.24) is 5.32 Å². The number of amides is 1. The fourth-order valence-electron chi connectivity index (χ4n) is 1.18. The van der Waals surface area contributed by atoms with Crippen molar-refractivity contribution in [3.63, 3.8) is 0 Å². The Kier molecular flexibility index (Phi) is 5.87. The topological polar surface area (TPSA) is 78.4 Å². The smallest absolute Gasteiger partial charge is 0.320 e. The van der Waals surface area contributed by atoms with Crippen LogP contribution >= 0.6 is 34.8 Å². The van der Waals surface area contributed by atoms with Crippen molar-refractivity contribution in [1.29, 1.82) is 0 Å². The lowest BCUT2D eigenvalue weighted by atomic mass is 10.3. The molecule has 0 saturated heterocycles. The highest BCUT2D eigenvalue weighted by molar-refractivity contribution is 6.42. The van der Waals surface area contributed by atoms with E-state index in [1.54, 1.807) is 0 Å². The zero-order chi connectivity index (χ0) is 14.6. The van der Waals surface area contributed by atoms with E-state index in [4.69, 9.17) is 39.9 Å². The average molecular weight is 326 g/mol. The molecule has 0 aliphatic carbocycles. The van der Waals surface area contributed by atoms with E-state index in [0.717, 1.165) is 0 Å². The van der Waals surface area contributed by atoms with Crippen LogP contribution in [-0.4, -0.2) is 29.6 Å². The van der Waals surface area contributed by atoms with Crippen LogP contribution in [0.5, 0.6) is 0 Å². The molecule has 0 aromatic heterocycles. The molecule has 1 aromatic carbocycles. The largest absolute Gasteiger partial charge is 0.480 e. The number of benzene rings is 1. The summed E-state index contributed by atoms with van der Waals surface area (Å²) in [6.45, 7) is 1.25. The van der Waals surface area contributed by atoms with Gasteiger partial charge in [-0.2, -0.15) is 0 Å². The van der Waals surface area contributed by atoms with Crippen molar-refractivity contribution in [3.8, 4) is 0 Å². The number of rotatable bonds is 5. The van der Waals surface area contributed by atoms with Crippen LogP contribution in [0.4, 0.5) is 5.69 Å². The summed E-state index contributed by atoms with van der Waals surface area (Å²) in [6, 6.07) is 2.05. The van der Waals surface area contributed by atoms with Crippen molar-refractivity contribution in [2.24, 2.45) is 0 Å². The summed E-state index contributed by atoms with van der Waals surface area (Å²) in [5.41, 5.74) is 0.238. The van der Waals surface area contributed by atoms with Gasteiger partial charge in [0.1, 0.15) is 6.04 Å². The van der Waals surface area contributed by atoms with Crippen molar-refractivity contribution in [3.05, 3.63) is 27.2 Å². The maximum atomic E-state index is 11.6. The second kappa shape index (κ2) is 6.96. The van der Waals surface area contributed by atoms with Crippen LogP contribution in [0.3, 0.4) is 0 Å². The molecule has 104 valence electrons. The van der Waals surface area contributed by atoms with Gasteiger partial charge in [0.15, 0.2) is 0 Å². The van der Waals surface area contributed by atoms with Gasteiger partial charge in [-0.05, 0) is 19.1 Å². The van der Waals surface area contributed by atoms with Gasteiger partial charge in [0, 0.05) is 5.02 Å². The molecule has 1 atom stereocenters. The van der Waals surface area contributed by atoms with Gasteiger partial charge in [-0.1, -0.05) is 34.8 Å². The Morgan fingerprint density at radius 2 is 1.79 bits per heavy atom. The third-order valence-corrected chi connectivity index (χ3v) is 3.02. The highest BCUT2D eigenvalue weighted by Crippen LogP contribution is 2.33. The standard InChI is InChI=1S/C11H11Cl3N2O3/c1-5(11(18)19)15-4-9(17)16-10-7(13)2-6(12)3-8(10)14/h2-3,5,15H,4H2,1H3,(H,16,17)(H,18,19)/t5-/m0/s1. The second-order valence-corrected chi connectivity index (χ2v) is 4.98. The molecule has 0 bridgehead atoms. The van der Waals surface area contributed by atoms with E-state index in [9.17, 15) is 9.59 Å². The third-order valence-electron chi connectivity index (χ3n) is 2.21. The quantitative estimate of drug-likeness (QED) is 0.777. The Hall–Kier alpha value is -1.01. The maximum absolute atomic E-state index is 11.6. The highest BCUT2D eigenvalue weighted by atomic mass is 35.5. The number of halogens is 3. The van der Waals surface area contributed by atoms with Gasteiger partial charge in [0.25, 0.3) is 0 Å². The molecular weight excluding hydrogens is 314 g/mol. The number of hydrogen-bond donors (Lipinski definition) is 3. The summed E-state index contributed by atoms with van der Waals surface area (Å²) in [7, 11) is 0. The van der Waals surface area contributed by atoms with E-state index < -0.39 is 17.9 Å². The van der Waals surface area contributed by atoms with Crippen molar-refractivity contribution >= 4 is 52.4 Å². The molecule has 19 heavy (non-hydrogen) atoms. The van der Waals surface area contributed by atoms with Gasteiger partial charge in [0.05, 0.1) is 22.3 Å². The van der Waals surface area contributed by atoms with Gasteiger partial charge < -0.3 is 10.4 Å². The molecule has 0 spiro atoms. The molecule has 1 rings (SSSR count). The molecule has 0 saturated carbocycles. The lowest BCUT2D eigenvalue weighted by molar-refractivity contribution is -0.139. The van der Waals surface area contributed by atoms with Gasteiger partial charge in [-0.25, -0.2) is 0 Å². The molecule has 1 aromatic rings. The Bertz CT molecular complexity index is 485. The minimum atomic E-state index is -1.05. The SMILES string of the molecule is C[C@H](NCC(=O)Nc1c(Cl)cc(Cl)cc1Cl)C(=O)O. The van der Waals surface area contributed by atoms with Gasteiger partial charge >= 0.3 is 5.97 Å². The fourth-order valence-corrected chi connectivity index (χ4v) is 2.09. The summed E-state index contributed by atoms with van der Waals surface area (Å²) < 4.78 is 0. The van der Waals surface area contributed by atoms with Crippen LogP contribution in [-0.2, 0) is 9.59 Å². The summed E-state index contributed by atoms with van der Waals surface area (Å²) in [5.74, 6) is -1.51. The van der Waals surface area contributed by atoms with Gasteiger partial charge in [-0.15, -0.1) is 0 Å². The highest BCUT2D eigenvalue weighted by Gasteiger charge is 2.14. The van der Waals surface area contributed by atoms with E-state index in [2.05, 4.69) is 10.6 Å². The molecule has 3 N–H and O–H groups in total. The van der Waals surface area contributed by atoms with Crippen LogP contribution < -0.4 is 10.6 Å². The molecule has 0 aliphatic heterocycles. The van der Waals surface area contributed by atoms with Crippen LogP contribution in [0.25, 0.3) is 0 Å². The lowest BCUT2D eigenvalue weighted by Crippen LogP contribution is -2.39. The number of carbonyl (C=O) groups is 2. The molecule has 8 heteroatoms. The van der Waals surface area contributed by atoms with Gasteiger partial charge in [-0.3, -0.25) is 14.9 Å². The van der Waals surface area contributed by atoms with Crippen molar-refractivity contribution < 1.29 is 14.7 Å². The van der Waals surface area contributed by atoms with Gasteiger partial charge in [0.2, 0.25) is 5.91 Å². The first-order valence-electron chi connectivity index (χ1n) is 5.22. The Morgan fingerprint density at radius 3 is 2.26 bits per heavy atom. The first-order valence-corrected chi connectivity index (χ1v) is 6.35. The Labute approximate surface area is 124 Å². The normalized spacial score (nSPS) is 12.0. The van der Waals surface area contributed by atoms with E-state index in [0.29, 0.717) is 5.02 Å². The van der Waals surface area contributed by atoms with Crippen LogP contribution in [0.15, 0.2) is 12.1 Å². The zero-order valence-electron chi connectivity index (χ0n) is 9.84. The van der Waals surface area contributed by atoms with E-state index in [-0.39, 0.29) is 22.3 Å². The first kappa shape index (κ1) is 16.0. The molecule has 0 radical (unpaired) electrons. The summed E-state index contributed by atoms with van der Waals surface area (Å²) in [6.07, 6.45) is 0. The monoisotopic (exact) mass is 324 g/mol. The van der Waals surface area contributed by atoms with E-state index >= 15 is 0 Å². The molecule has 0 unspecified atom stereocenters. The summed E-state index contributed by atoms with van der Waals surface area (Å²) >= 11 is 17.5. The molecule has 5 nitrogen and oxygen atoms in total.